The minimum atomic E-state index is -0.543. The van der Waals surface area contributed by atoms with E-state index < -0.39 is 6.10 Å². The number of aryl methyl sites for hydroxylation is 1. The van der Waals surface area contributed by atoms with Gasteiger partial charge in [0.05, 0.1) is 7.11 Å². The van der Waals surface area contributed by atoms with Crippen LogP contribution < -0.4 is 9.47 Å². The van der Waals surface area contributed by atoms with E-state index in [0.29, 0.717) is 17.9 Å². The minimum absolute atomic E-state index is 0.212. The molecule has 25 heavy (non-hydrogen) atoms. The highest BCUT2D eigenvalue weighted by molar-refractivity contribution is 5.75. The summed E-state index contributed by atoms with van der Waals surface area (Å²) in [4.78, 5) is 11.5. The molecule has 0 amide bonds. The first-order chi connectivity index (χ1) is 12.2. The Kier molecular flexibility index (Phi) is 5.20. The maximum Gasteiger partial charge on any atom is 0.347 e. The van der Waals surface area contributed by atoms with E-state index in [9.17, 15) is 9.18 Å². The summed E-state index contributed by atoms with van der Waals surface area (Å²) in [5.41, 5.74) is 1.87. The zero-order valence-corrected chi connectivity index (χ0v) is 13.8. The van der Waals surface area contributed by atoms with E-state index in [1.54, 1.807) is 12.1 Å². The standard InChI is InChI=1S/C20H17FO4/c1-23-20(22)19-11-5-15-13-14(4-10-18(15)25-19)3-2-12-24-17-8-6-16(21)7-9-17/h4,6-10,13,19H,5,11-12H2,1H3. The molecule has 0 N–H and O–H groups in total. The third-order valence-corrected chi connectivity index (χ3v) is 3.83. The van der Waals surface area contributed by atoms with Gasteiger partial charge in [-0.3, -0.25) is 0 Å². The van der Waals surface area contributed by atoms with Crippen molar-refractivity contribution in [3.63, 3.8) is 0 Å². The van der Waals surface area contributed by atoms with Crippen LogP contribution in [0.4, 0.5) is 4.39 Å². The molecule has 0 spiro atoms. The van der Waals surface area contributed by atoms with Gasteiger partial charge in [-0.2, -0.15) is 0 Å². The summed E-state index contributed by atoms with van der Waals surface area (Å²) in [5, 5.41) is 0. The Morgan fingerprint density at radius 3 is 2.84 bits per heavy atom. The molecule has 0 bridgehead atoms. The molecule has 1 atom stereocenters. The second kappa shape index (κ2) is 7.71. The topological polar surface area (TPSA) is 44.8 Å². The monoisotopic (exact) mass is 340 g/mol. The molecule has 0 saturated heterocycles. The molecule has 1 unspecified atom stereocenters. The Morgan fingerprint density at radius 1 is 1.28 bits per heavy atom. The first-order valence-corrected chi connectivity index (χ1v) is 7.90. The molecule has 5 heteroatoms. The van der Waals surface area contributed by atoms with E-state index in [4.69, 9.17) is 14.2 Å². The average Bonchev–Trinajstić information content (AvgIpc) is 2.65. The van der Waals surface area contributed by atoms with Crippen LogP contribution in [0.5, 0.6) is 11.5 Å². The lowest BCUT2D eigenvalue weighted by Crippen LogP contribution is -2.32. The van der Waals surface area contributed by atoms with Gasteiger partial charge >= 0.3 is 5.97 Å². The molecule has 2 aromatic rings. The maximum absolute atomic E-state index is 12.8. The molecule has 0 fully saturated rings. The number of carbonyl (C=O) groups excluding carboxylic acids is 1. The number of methoxy groups -OCH3 is 1. The molecule has 0 aromatic heterocycles. The van der Waals surface area contributed by atoms with Gasteiger partial charge in [0.1, 0.15) is 23.9 Å². The SMILES string of the molecule is COC(=O)C1CCc2cc(C#CCOc3ccc(F)cc3)ccc2O1. The van der Waals surface area contributed by atoms with Crippen LogP contribution in [-0.4, -0.2) is 25.8 Å². The van der Waals surface area contributed by atoms with Crippen molar-refractivity contribution in [3.8, 4) is 23.3 Å². The number of hydrogen-bond acceptors (Lipinski definition) is 4. The van der Waals surface area contributed by atoms with Crippen LogP contribution in [0.25, 0.3) is 0 Å². The van der Waals surface area contributed by atoms with Crippen LogP contribution in [0.1, 0.15) is 17.5 Å². The van der Waals surface area contributed by atoms with Crippen molar-refractivity contribution in [2.75, 3.05) is 13.7 Å². The normalized spacial score (nSPS) is 15.2. The molecule has 1 aliphatic heterocycles. The van der Waals surface area contributed by atoms with Crippen LogP contribution in [-0.2, 0) is 16.0 Å². The summed E-state index contributed by atoms with van der Waals surface area (Å²) in [6.07, 6.45) is 0.777. The molecule has 0 radical (unpaired) electrons. The van der Waals surface area contributed by atoms with Gasteiger partial charge in [-0.25, -0.2) is 9.18 Å². The summed E-state index contributed by atoms with van der Waals surface area (Å²) >= 11 is 0. The van der Waals surface area contributed by atoms with E-state index >= 15 is 0 Å². The van der Waals surface area contributed by atoms with Crippen molar-refractivity contribution in [1.82, 2.24) is 0 Å². The number of fused-ring (bicyclic) bond motifs is 1. The van der Waals surface area contributed by atoms with Crippen LogP contribution >= 0.6 is 0 Å². The Hall–Kier alpha value is -3.00. The van der Waals surface area contributed by atoms with Crippen LogP contribution in [0.2, 0.25) is 0 Å². The van der Waals surface area contributed by atoms with Gasteiger partial charge < -0.3 is 14.2 Å². The van der Waals surface area contributed by atoms with E-state index in [2.05, 4.69) is 11.8 Å². The first-order valence-electron chi connectivity index (χ1n) is 7.90. The molecule has 4 nitrogen and oxygen atoms in total. The summed E-state index contributed by atoms with van der Waals surface area (Å²) < 4.78 is 28.6. The summed E-state index contributed by atoms with van der Waals surface area (Å²) in [5.74, 6) is 6.56. The number of hydrogen-bond donors (Lipinski definition) is 0. The molecule has 0 aliphatic carbocycles. The third kappa shape index (κ3) is 4.30. The van der Waals surface area contributed by atoms with Gasteiger partial charge in [0.2, 0.25) is 0 Å². The molecule has 2 aromatic carbocycles. The van der Waals surface area contributed by atoms with Crippen LogP contribution in [0.15, 0.2) is 42.5 Å². The Morgan fingerprint density at radius 2 is 2.08 bits per heavy atom. The predicted molar refractivity (Wildman–Crippen MR) is 90.0 cm³/mol. The fourth-order valence-corrected chi connectivity index (χ4v) is 2.55. The zero-order valence-electron chi connectivity index (χ0n) is 13.8. The molecule has 0 saturated carbocycles. The van der Waals surface area contributed by atoms with Gasteiger partial charge in [0.25, 0.3) is 0 Å². The van der Waals surface area contributed by atoms with Crippen molar-refractivity contribution in [2.24, 2.45) is 0 Å². The van der Waals surface area contributed by atoms with Gasteiger partial charge in [0.15, 0.2) is 6.10 Å². The first kappa shape index (κ1) is 16.8. The van der Waals surface area contributed by atoms with Crippen molar-refractivity contribution >= 4 is 5.97 Å². The largest absolute Gasteiger partial charge is 0.481 e. The fourth-order valence-electron chi connectivity index (χ4n) is 2.55. The number of halogens is 1. The smallest absolute Gasteiger partial charge is 0.347 e. The molecular formula is C20H17FO4. The lowest BCUT2D eigenvalue weighted by Gasteiger charge is -2.24. The van der Waals surface area contributed by atoms with Crippen LogP contribution in [0, 0.1) is 17.7 Å². The number of esters is 1. The van der Waals surface area contributed by atoms with E-state index in [1.807, 2.05) is 18.2 Å². The van der Waals surface area contributed by atoms with Gasteiger partial charge in [-0.15, -0.1) is 0 Å². The lowest BCUT2D eigenvalue weighted by molar-refractivity contribution is -0.149. The second-order valence-corrected chi connectivity index (χ2v) is 5.54. The Bertz CT molecular complexity index is 818. The van der Waals surface area contributed by atoms with Crippen molar-refractivity contribution in [1.29, 1.82) is 0 Å². The molecule has 1 heterocycles. The van der Waals surface area contributed by atoms with Gasteiger partial charge in [-0.1, -0.05) is 11.8 Å². The number of rotatable bonds is 3. The number of benzene rings is 2. The van der Waals surface area contributed by atoms with E-state index in [1.165, 1.54) is 19.2 Å². The van der Waals surface area contributed by atoms with Gasteiger partial charge in [0, 0.05) is 5.56 Å². The molecule has 3 rings (SSSR count). The predicted octanol–water partition coefficient (Wildman–Crippen LogP) is 3.12. The number of ether oxygens (including phenoxy) is 3. The quantitative estimate of drug-likeness (QED) is 0.636. The van der Waals surface area contributed by atoms with E-state index in [-0.39, 0.29) is 18.4 Å². The zero-order chi connectivity index (χ0) is 17.6. The highest BCUT2D eigenvalue weighted by Crippen LogP contribution is 2.28. The van der Waals surface area contributed by atoms with Crippen molar-refractivity contribution < 1.29 is 23.4 Å². The summed E-state index contributed by atoms with van der Waals surface area (Å²) in [6.45, 7) is 0.212. The summed E-state index contributed by atoms with van der Waals surface area (Å²) in [7, 11) is 1.36. The Balaban J connectivity index is 1.60. The Labute approximate surface area is 145 Å². The number of carbonyl (C=O) groups is 1. The lowest BCUT2D eigenvalue weighted by atomic mass is 10.00. The second-order valence-electron chi connectivity index (χ2n) is 5.54. The molecule has 128 valence electrons. The highest BCUT2D eigenvalue weighted by atomic mass is 19.1. The third-order valence-electron chi connectivity index (χ3n) is 3.83. The minimum Gasteiger partial charge on any atom is -0.481 e. The molecule has 1 aliphatic rings. The summed E-state index contributed by atoms with van der Waals surface area (Å²) in [6, 6.07) is 11.4. The van der Waals surface area contributed by atoms with Crippen molar-refractivity contribution in [2.45, 2.75) is 18.9 Å². The van der Waals surface area contributed by atoms with Gasteiger partial charge in [-0.05, 0) is 60.9 Å². The molecular weight excluding hydrogens is 323 g/mol. The maximum atomic E-state index is 12.8. The van der Waals surface area contributed by atoms with Crippen molar-refractivity contribution in [3.05, 3.63) is 59.4 Å². The fraction of sp³-hybridized carbons (Fsp3) is 0.250. The van der Waals surface area contributed by atoms with E-state index in [0.717, 1.165) is 17.5 Å². The highest BCUT2D eigenvalue weighted by Gasteiger charge is 2.26. The van der Waals surface area contributed by atoms with Crippen LogP contribution in [0.3, 0.4) is 0 Å². The average molecular weight is 340 g/mol.